The SMILES string of the molecule is CC(C)NCC1(Cc2ccoc2)CCCCC1. The summed E-state index contributed by atoms with van der Waals surface area (Å²) in [6, 6.07) is 2.70. The van der Waals surface area contributed by atoms with Gasteiger partial charge in [0.05, 0.1) is 12.5 Å². The average molecular weight is 235 g/mol. The van der Waals surface area contributed by atoms with E-state index in [1.165, 1.54) is 44.1 Å². The predicted molar refractivity (Wildman–Crippen MR) is 71.1 cm³/mol. The molecule has 0 atom stereocenters. The molecule has 1 heterocycles. The lowest BCUT2D eigenvalue weighted by atomic mass is 9.70. The molecule has 0 bridgehead atoms. The second-order valence-electron chi connectivity index (χ2n) is 5.90. The van der Waals surface area contributed by atoms with E-state index in [-0.39, 0.29) is 0 Å². The van der Waals surface area contributed by atoms with Crippen LogP contribution in [0.3, 0.4) is 0 Å². The summed E-state index contributed by atoms with van der Waals surface area (Å²) in [5.41, 5.74) is 1.82. The van der Waals surface area contributed by atoms with E-state index in [9.17, 15) is 0 Å². The van der Waals surface area contributed by atoms with Crippen molar-refractivity contribution in [3.05, 3.63) is 24.2 Å². The molecule has 0 radical (unpaired) electrons. The second-order valence-corrected chi connectivity index (χ2v) is 5.90. The summed E-state index contributed by atoms with van der Waals surface area (Å²) in [5, 5.41) is 3.64. The molecule has 1 fully saturated rings. The van der Waals surface area contributed by atoms with Gasteiger partial charge in [-0.15, -0.1) is 0 Å². The van der Waals surface area contributed by atoms with Crippen LogP contribution in [0.1, 0.15) is 51.5 Å². The molecule has 1 aliphatic rings. The van der Waals surface area contributed by atoms with Crippen molar-refractivity contribution in [3.8, 4) is 0 Å². The number of rotatable bonds is 5. The lowest BCUT2D eigenvalue weighted by Crippen LogP contribution is -2.40. The first-order chi connectivity index (χ1) is 8.20. The van der Waals surface area contributed by atoms with E-state index in [1.807, 2.05) is 6.26 Å². The van der Waals surface area contributed by atoms with Crippen molar-refractivity contribution in [2.45, 2.75) is 58.4 Å². The van der Waals surface area contributed by atoms with Crippen LogP contribution in [-0.4, -0.2) is 12.6 Å². The van der Waals surface area contributed by atoms with E-state index in [0.29, 0.717) is 11.5 Å². The van der Waals surface area contributed by atoms with Crippen LogP contribution in [0.4, 0.5) is 0 Å². The molecule has 1 saturated carbocycles. The summed E-state index contributed by atoms with van der Waals surface area (Å²) < 4.78 is 5.21. The Balaban J connectivity index is 2.00. The fourth-order valence-corrected chi connectivity index (χ4v) is 2.96. The minimum absolute atomic E-state index is 0.465. The fourth-order valence-electron chi connectivity index (χ4n) is 2.96. The van der Waals surface area contributed by atoms with E-state index in [2.05, 4.69) is 25.2 Å². The Bertz CT molecular complexity index is 310. The highest BCUT2D eigenvalue weighted by molar-refractivity contribution is 5.09. The molecule has 2 heteroatoms. The maximum absolute atomic E-state index is 5.21. The minimum atomic E-state index is 0.465. The van der Waals surface area contributed by atoms with Crippen LogP contribution in [0.2, 0.25) is 0 Å². The first-order valence-corrected chi connectivity index (χ1v) is 6.95. The maximum atomic E-state index is 5.21. The summed E-state index contributed by atoms with van der Waals surface area (Å²) in [7, 11) is 0. The molecule has 2 nitrogen and oxygen atoms in total. The van der Waals surface area contributed by atoms with E-state index >= 15 is 0 Å². The van der Waals surface area contributed by atoms with Gasteiger partial charge in [-0.05, 0) is 36.3 Å². The van der Waals surface area contributed by atoms with Gasteiger partial charge in [-0.1, -0.05) is 33.1 Å². The van der Waals surface area contributed by atoms with Crippen molar-refractivity contribution < 1.29 is 4.42 Å². The Morgan fingerprint density at radius 3 is 2.65 bits per heavy atom. The van der Waals surface area contributed by atoms with Gasteiger partial charge in [0.15, 0.2) is 0 Å². The highest BCUT2D eigenvalue weighted by Gasteiger charge is 2.32. The van der Waals surface area contributed by atoms with Gasteiger partial charge >= 0.3 is 0 Å². The third-order valence-electron chi connectivity index (χ3n) is 3.96. The first-order valence-electron chi connectivity index (χ1n) is 6.95. The van der Waals surface area contributed by atoms with Crippen LogP contribution in [0, 0.1) is 5.41 Å². The van der Waals surface area contributed by atoms with Gasteiger partial charge in [0, 0.05) is 12.6 Å². The van der Waals surface area contributed by atoms with E-state index < -0.39 is 0 Å². The monoisotopic (exact) mass is 235 g/mol. The summed E-state index contributed by atoms with van der Waals surface area (Å²) in [4.78, 5) is 0. The maximum Gasteiger partial charge on any atom is 0.0934 e. The molecule has 0 saturated heterocycles. The van der Waals surface area contributed by atoms with Crippen LogP contribution in [0.15, 0.2) is 23.0 Å². The van der Waals surface area contributed by atoms with Crippen molar-refractivity contribution in [1.82, 2.24) is 5.32 Å². The zero-order valence-corrected chi connectivity index (χ0v) is 11.2. The summed E-state index contributed by atoms with van der Waals surface area (Å²) in [5.74, 6) is 0. The van der Waals surface area contributed by atoms with Crippen LogP contribution in [0.25, 0.3) is 0 Å². The Morgan fingerprint density at radius 1 is 1.29 bits per heavy atom. The third-order valence-corrected chi connectivity index (χ3v) is 3.96. The predicted octanol–water partition coefficient (Wildman–Crippen LogP) is 3.77. The van der Waals surface area contributed by atoms with Crippen molar-refractivity contribution in [2.75, 3.05) is 6.54 Å². The highest BCUT2D eigenvalue weighted by Crippen LogP contribution is 2.38. The molecular formula is C15H25NO. The van der Waals surface area contributed by atoms with Crippen molar-refractivity contribution in [3.63, 3.8) is 0 Å². The lowest BCUT2D eigenvalue weighted by Gasteiger charge is -2.38. The second kappa shape index (κ2) is 5.72. The number of hydrogen-bond donors (Lipinski definition) is 1. The van der Waals surface area contributed by atoms with Crippen molar-refractivity contribution in [2.24, 2.45) is 5.41 Å². The number of nitrogens with one attached hydrogen (secondary N) is 1. The molecule has 0 unspecified atom stereocenters. The molecule has 17 heavy (non-hydrogen) atoms. The summed E-state index contributed by atoms with van der Waals surface area (Å²) >= 11 is 0. The van der Waals surface area contributed by atoms with Crippen molar-refractivity contribution >= 4 is 0 Å². The molecule has 1 aromatic rings. The average Bonchev–Trinajstić information content (AvgIpc) is 2.80. The van der Waals surface area contributed by atoms with Gasteiger partial charge in [0.2, 0.25) is 0 Å². The van der Waals surface area contributed by atoms with Crippen LogP contribution in [-0.2, 0) is 6.42 Å². The molecule has 1 aromatic heterocycles. The Kier molecular flexibility index (Phi) is 4.27. The fraction of sp³-hybridized carbons (Fsp3) is 0.733. The summed E-state index contributed by atoms with van der Waals surface area (Å²) in [6.45, 7) is 5.61. The topological polar surface area (TPSA) is 25.2 Å². The van der Waals surface area contributed by atoms with Gasteiger partial charge in [0.25, 0.3) is 0 Å². The lowest BCUT2D eigenvalue weighted by molar-refractivity contribution is 0.176. The van der Waals surface area contributed by atoms with Gasteiger partial charge in [-0.3, -0.25) is 0 Å². The molecule has 2 rings (SSSR count). The van der Waals surface area contributed by atoms with Gasteiger partial charge in [-0.25, -0.2) is 0 Å². The van der Waals surface area contributed by atoms with E-state index in [0.717, 1.165) is 6.54 Å². The number of hydrogen-bond acceptors (Lipinski definition) is 2. The Labute approximate surface area is 105 Å². The Morgan fingerprint density at radius 2 is 2.06 bits per heavy atom. The zero-order valence-electron chi connectivity index (χ0n) is 11.2. The molecule has 0 spiro atoms. The molecule has 0 aromatic carbocycles. The van der Waals surface area contributed by atoms with Crippen LogP contribution in [0.5, 0.6) is 0 Å². The highest BCUT2D eigenvalue weighted by atomic mass is 16.3. The van der Waals surface area contributed by atoms with Gasteiger partial charge in [-0.2, -0.15) is 0 Å². The third kappa shape index (κ3) is 3.60. The van der Waals surface area contributed by atoms with Crippen LogP contribution >= 0.6 is 0 Å². The smallest absolute Gasteiger partial charge is 0.0934 e. The molecule has 0 amide bonds. The normalized spacial score (nSPS) is 19.7. The molecular weight excluding hydrogens is 210 g/mol. The molecule has 0 aliphatic heterocycles. The van der Waals surface area contributed by atoms with Crippen LogP contribution < -0.4 is 5.32 Å². The minimum Gasteiger partial charge on any atom is -0.472 e. The van der Waals surface area contributed by atoms with E-state index in [4.69, 9.17) is 4.42 Å². The standard InChI is InChI=1S/C15H25NO/c1-13(2)16-12-15(7-4-3-5-8-15)10-14-6-9-17-11-14/h6,9,11,13,16H,3-5,7-8,10,12H2,1-2H3. The molecule has 1 aliphatic carbocycles. The zero-order chi connectivity index (χ0) is 12.1. The quantitative estimate of drug-likeness (QED) is 0.840. The summed E-state index contributed by atoms with van der Waals surface area (Å²) in [6.07, 6.45) is 11.8. The molecule has 96 valence electrons. The number of furan rings is 1. The Hall–Kier alpha value is -0.760. The molecule has 1 N–H and O–H groups in total. The van der Waals surface area contributed by atoms with Gasteiger partial charge < -0.3 is 9.73 Å². The first kappa shape index (κ1) is 12.7. The van der Waals surface area contributed by atoms with Gasteiger partial charge in [0.1, 0.15) is 0 Å². The van der Waals surface area contributed by atoms with Crippen molar-refractivity contribution in [1.29, 1.82) is 0 Å². The van der Waals surface area contributed by atoms with E-state index in [1.54, 1.807) is 6.26 Å². The largest absolute Gasteiger partial charge is 0.472 e.